The highest BCUT2D eigenvalue weighted by Gasteiger charge is 2.24. The Morgan fingerprint density at radius 1 is 0.794 bits per heavy atom. The third kappa shape index (κ3) is 6.83. The van der Waals surface area contributed by atoms with Gasteiger partial charge in [0.15, 0.2) is 12.6 Å². The van der Waals surface area contributed by atoms with E-state index in [9.17, 15) is 0 Å². The second-order valence-corrected chi connectivity index (χ2v) is 9.24. The van der Waals surface area contributed by atoms with Crippen molar-refractivity contribution in [3.63, 3.8) is 0 Å². The van der Waals surface area contributed by atoms with Gasteiger partial charge in [0.2, 0.25) is 0 Å². The van der Waals surface area contributed by atoms with Gasteiger partial charge >= 0.3 is 0 Å². The third-order valence-corrected chi connectivity index (χ3v) is 6.43. The number of ether oxygens (including phenoxy) is 6. The Morgan fingerprint density at radius 2 is 1.32 bits per heavy atom. The zero-order valence-corrected chi connectivity index (χ0v) is 20.0. The first-order valence-electron chi connectivity index (χ1n) is 12.3. The highest BCUT2D eigenvalue weighted by molar-refractivity contribution is 5.67. The van der Waals surface area contributed by atoms with E-state index in [2.05, 4.69) is 30.3 Å². The summed E-state index contributed by atoms with van der Waals surface area (Å²) in [7, 11) is 0. The van der Waals surface area contributed by atoms with Crippen molar-refractivity contribution < 1.29 is 28.4 Å². The smallest absolute Gasteiger partial charge is 0.197 e. The molecular formula is C28H34O6. The van der Waals surface area contributed by atoms with E-state index < -0.39 is 0 Å². The molecule has 0 spiro atoms. The quantitative estimate of drug-likeness (QED) is 0.312. The summed E-state index contributed by atoms with van der Waals surface area (Å²) in [6.45, 7) is 6.61. The molecule has 0 aromatic heterocycles. The van der Waals surface area contributed by atoms with Crippen molar-refractivity contribution >= 4 is 5.57 Å². The van der Waals surface area contributed by atoms with Crippen LogP contribution in [-0.2, 0) is 18.9 Å². The van der Waals surface area contributed by atoms with Crippen molar-refractivity contribution in [2.24, 2.45) is 0 Å². The summed E-state index contributed by atoms with van der Waals surface area (Å²) in [5.41, 5.74) is 4.03. The molecule has 0 amide bonds. The number of benzene rings is 2. The second-order valence-electron chi connectivity index (χ2n) is 9.24. The fourth-order valence-electron chi connectivity index (χ4n) is 4.23. The second kappa shape index (κ2) is 10.9. The van der Waals surface area contributed by atoms with Gasteiger partial charge in [-0.2, -0.15) is 0 Å². The lowest BCUT2D eigenvalue weighted by Gasteiger charge is -2.23. The lowest BCUT2D eigenvalue weighted by molar-refractivity contribution is -0.0711. The van der Waals surface area contributed by atoms with Crippen LogP contribution in [0.5, 0.6) is 11.5 Å². The summed E-state index contributed by atoms with van der Waals surface area (Å²) >= 11 is 0. The summed E-state index contributed by atoms with van der Waals surface area (Å²) in [5.74, 6) is 2.20. The molecule has 34 heavy (non-hydrogen) atoms. The molecule has 0 saturated carbocycles. The van der Waals surface area contributed by atoms with Crippen LogP contribution < -0.4 is 9.47 Å². The summed E-state index contributed by atoms with van der Waals surface area (Å²) in [5, 5.41) is 0. The summed E-state index contributed by atoms with van der Waals surface area (Å²) < 4.78 is 33.3. The minimum atomic E-state index is -0.283. The fraction of sp³-hybridized carbons (Fsp3) is 0.500. The summed E-state index contributed by atoms with van der Waals surface area (Å²) in [4.78, 5) is 0. The molecule has 182 valence electrons. The van der Waals surface area contributed by atoms with Gasteiger partial charge < -0.3 is 28.4 Å². The van der Waals surface area contributed by atoms with Gasteiger partial charge in [-0.05, 0) is 80.0 Å². The largest absolute Gasteiger partial charge is 0.465 e. The number of rotatable bonds is 12. The van der Waals surface area contributed by atoms with Crippen molar-refractivity contribution in [3.05, 3.63) is 65.7 Å². The van der Waals surface area contributed by atoms with Crippen molar-refractivity contribution in [1.82, 2.24) is 0 Å². The molecule has 2 fully saturated rings. The van der Waals surface area contributed by atoms with Gasteiger partial charge in [0.1, 0.15) is 23.7 Å². The molecule has 5 unspecified atom stereocenters. The van der Waals surface area contributed by atoms with Gasteiger partial charge in [0.25, 0.3) is 0 Å². The lowest BCUT2D eigenvalue weighted by atomic mass is 9.83. The molecule has 6 heteroatoms. The molecule has 2 aromatic rings. The predicted molar refractivity (Wildman–Crippen MR) is 129 cm³/mol. The summed E-state index contributed by atoms with van der Waals surface area (Å²) in [6.07, 6.45) is 5.57. The van der Waals surface area contributed by atoms with E-state index in [1.807, 2.05) is 38.1 Å². The van der Waals surface area contributed by atoms with E-state index in [1.165, 1.54) is 16.7 Å². The lowest BCUT2D eigenvalue weighted by Crippen LogP contribution is -2.19. The Balaban J connectivity index is 1.09. The van der Waals surface area contributed by atoms with E-state index in [0.29, 0.717) is 19.1 Å². The van der Waals surface area contributed by atoms with Crippen molar-refractivity contribution in [1.29, 1.82) is 0 Å². The van der Waals surface area contributed by atoms with Crippen LogP contribution in [-0.4, -0.2) is 51.2 Å². The minimum Gasteiger partial charge on any atom is -0.465 e. The average Bonchev–Trinajstić information content (AvgIpc) is 3.78. The number of epoxide rings is 2. The Labute approximate surface area is 201 Å². The topological polar surface area (TPSA) is 62.0 Å². The summed E-state index contributed by atoms with van der Waals surface area (Å²) in [6, 6.07) is 16.8. The van der Waals surface area contributed by atoms with Crippen LogP contribution in [0.3, 0.4) is 0 Å². The molecule has 3 aliphatic rings. The number of hydrogen-bond donors (Lipinski definition) is 0. The van der Waals surface area contributed by atoms with Gasteiger partial charge in [0, 0.05) is 0 Å². The Bertz CT molecular complexity index is 946. The van der Waals surface area contributed by atoms with Crippen LogP contribution in [0.15, 0.2) is 54.6 Å². The molecule has 0 bridgehead atoms. The Kier molecular flexibility index (Phi) is 7.50. The zero-order valence-electron chi connectivity index (χ0n) is 20.0. The Hall–Kier alpha value is -2.38. The molecule has 2 saturated heterocycles. The van der Waals surface area contributed by atoms with E-state index in [4.69, 9.17) is 28.4 Å². The van der Waals surface area contributed by atoms with Gasteiger partial charge in [-0.25, -0.2) is 0 Å². The van der Waals surface area contributed by atoms with Crippen LogP contribution in [0.2, 0.25) is 0 Å². The van der Waals surface area contributed by atoms with Crippen LogP contribution in [0.1, 0.15) is 50.2 Å². The molecule has 2 heterocycles. The zero-order chi connectivity index (χ0) is 23.3. The minimum absolute atomic E-state index is 0.248. The standard InChI is InChI=1S/C28H34O6/c1-19(29-15-27-17-31-27)33-25-11-7-23(8-12-25)21-3-5-22(6-4-21)24-9-13-26(14-10-24)34-20(2)30-16-28-18-32-28/h3,7-14,19-20,22,27-28H,4-6,15-18H2,1-2H3. The first-order chi connectivity index (χ1) is 16.6. The van der Waals surface area contributed by atoms with Crippen LogP contribution in [0.4, 0.5) is 0 Å². The van der Waals surface area contributed by atoms with Crippen molar-refractivity contribution in [2.75, 3.05) is 26.4 Å². The van der Waals surface area contributed by atoms with Crippen LogP contribution in [0, 0.1) is 0 Å². The van der Waals surface area contributed by atoms with Gasteiger partial charge in [-0.3, -0.25) is 0 Å². The van der Waals surface area contributed by atoms with E-state index in [0.717, 1.165) is 44.0 Å². The Morgan fingerprint density at radius 3 is 1.79 bits per heavy atom. The van der Waals surface area contributed by atoms with Gasteiger partial charge in [-0.1, -0.05) is 30.3 Å². The molecule has 5 atom stereocenters. The highest BCUT2D eigenvalue weighted by Crippen LogP contribution is 2.37. The number of allylic oxidation sites excluding steroid dienone is 2. The van der Waals surface area contributed by atoms with Gasteiger partial charge in [0.05, 0.1) is 26.4 Å². The maximum absolute atomic E-state index is 5.86. The first-order valence-corrected chi connectivity index (χ1v) is 12.3. The molecule has 0 radical (unpaired) electrons. The molecule has 2 aliphatic heterocycles. The average molecular weight is 467 g/mol. The SMILES string of the molecule is CC(OCC1CO1)Oc1ccc(C2=CCC(c3ccc(OC(C)OCC4CO4)cc3)CC2)cc1. The number of hydrogen-bond acceptors (Lipinski definition) is 6. The van der Waals surface area contributed by atoms with Crippen molar-refractivity contribution in [2.45, 2.75) is 63.8 Å². The van der Waals surface area contributed by atoms with Gasteiger partial charge in [-0.15, -0.1) is 0 Å². The van der Waals surface area contributed by atoms with Crippen LogP contribution >= 0.6 is 0 Å². The fourth-order valence-corrected chi connectivity index (χ4v) is 4.23. The maximum Gasteiger partial charge on any atom is 0.197 e. The molecule has 1 aliphatic carbocycles. The third-order valence-electron chi connectivity index (χ3n) is 6.43. The molecule has 2 aromatic carbocycles. The van der Waals surface area contributed by atoms with E-state index in [-0.39, 0.29) is 24.8 Å². The van der Waals surface area contributed by atoms with Crippen LogP contribution in [0.25, 0.3) is 5.57 Å². The van der Waals surface area contributed by atoms with Crippen molar-refractivity contribution in [3.8, 4) is 11.5 Å². The van der Waals surface area contributed by atoms with E-state index >= 15 is 0 Å². The molecule has 5 rings (SSSR count). The monoisotopic (exact) mass is 466 g/mol. The van der Waals surface area contributed by atoms with E-state index in [1.54, 1.807) is 0 Å². The predicted octanol–water partition coefficient (Wildman–Crippen LogP) is 5.32. The normalized spacial score (nSPS) is 25.2. The maximum atomic E-state index is 5.86. The molecule has 6 nitrogen and oxygen atoms in total. The molecule has 0 N–H and O–H groups in total. The highest BCUT2D eigenvalue weighted by atomic mass is 16.7. The molecular weight excluding hydrogens is 432 g/mol. The first kappa shape index (κ1) is 23.4.